The van der Waals surface area contributed by atoms with Gasteiger partial charge < -0.3 is 9.57 Å². The van der Waals surface area contributed by atoms with Gasteiger partial charge in [0.25, 0.3) is 0 Å². The highest BCUT2D eigenvalue weighted by Gasteiger charge is 2.10. The van der Waals surface area contributed by atoms with Crippen LogP contribution >= 0.6 is 15.9 Å². The van der Waals surface area contributed by atoms with Gasteiger partial charge in [0.15, 0.2) is 5.71 Å². The molecule has 0 spiro atoms. The second kappa shape index (κ2) is 7.00. The summed E-state index contributed by atoms with van der Waals surface area (Å²) in [4.78, 5) is 16.2. The first-order valence-corrected chi connectivity index (χ1v) is 5.77. The van der Waals surface area contributed by atoms with E-state index in [1.165, 1.54) is 7.11 Å². The molecule has 4 nitrogen and oxygen atoms in total. The van der Waals surface area contributed by atoms with Crippen LogP contribution in [-0.4, -0.2) is 24.1 Å². The van der Waals surface area contributed by atoms with Crippen molar-refractivity contribution in [2.24, 2.45) is 5.16 Å². The molecule has 0 heterocycles. The van der Waals surface area contributed by atoms with Crippen molar-refractivity contribution in [3.63, 3.8) is 0 Å². The van der Waals surface area contributed by atoms with Gasteiger partial charge in [-0.2, -0.15) is 0 Å². The minimum Gasteiger partial charge on any atom is -0.464 e. The molecule has 0 saturated carbocycles. The van der Waals surface area contributed by atoms with Crippen LogP contribution in [0.25, 0.3) is 0 Å². The van der Waals surface area contributed by atoms with Gasteiger partial charge in [-0.3, -0.25) is 0 Å². The number of hydrogen-bond acceptors (Lipinski definition) is 4. The molecule has 0 aromatic heterocycles. The third-order valence-corrected chi connectivity index (χ3v) is 2.33. The Kier molecular flexibility index (Phi) is 5.56. The van der Waals surface area contributed by atoms with Gasteiger partial charge in [0.05, 0.1) is 12.4 Å². The number of carbonyl (C=O) groups is 1. The molecular weight excluding hydrogens is 274 g/mol. The molecule has 0 aliphatic rings. The minimum atomic E-state index is -0.495. The van der Waals surface area contributed by atoms with E-state index in [4.69, 9.17) is 4.84 Å². The normalized spacial score (nSPS) is 11.0. The van der Waals surface area contributed by atoms with Gasteiger partial charge in [0.2, 0.25) is 0 Å². The van der Waals surface area contributed by atoms with E-state index in [-0.39, 0.29) is 5.71 Å². The predicted octanol–water partition coefficient (Wildman–Crippen LogP) is 2.13. The van der Waals surface area contributed by atoms with Crippen molar-refractivity contribution in [1.29, 1.82) is 0 Å². The van der Waals surface area contributed by atoms with Gasteiger partial charge in [0.1, 0.15) is 6.61 Å². The van der Waals surface area contributed by atoms with Crippen LogP contribution in [0, 0.1) is 0 Å². The number of rotatable bonds is 5. The van der Waals surface area contributed by atoms with Crippen LogP contribution in [0.1, 0.15) is 5.56 Å². The van der Waals surface area contributed by atoms with E-state index in [2.05, 4.69) is 25.8 Å². The van der Waals surface area contributed by atoms with E-state index in [0.717, 1.165) is 5.56 Å². The Morgan fingerprint density at radius 2 is 2.06 bits per heavy atom. The summed E-state index contributed by atoms with van der Waals surface area (Å²) in [7, 11) is 1.30. The van der Waals surface area contributed by atoms with Gasteiger partial charge in [-0.1, -0.05) is 51.4 Å². The highest BCUT2D eigenvalue weighted by atomic mass is 79.9. The zero-order chi connectivity index (χ0) is 11.8. The van der Waals surface area contributed by atoms with E-state index < -0.39 is 5.97 Å². The maximum Gasteiger partial charge on any atom is 0.356 e. The maximum atomic E-state index is 11.1. The van der Waals surface area contributed by atoms with E-state index in [1.807, 2.05) is 30.3 Å². The highest BCUT2D eigenvalue weighted by Crippen LogP contribution is 2.01. The second-order valence-electron chi connectivity index (χ2n) is 2.92. The maximum absolute atomic E-state index is 11.1. The summed E-state index contributed by atoms with van der Waals surface area (Å²) in [5, 5.41) is 4.00. The fourth-order valence-electron chi connectivity index (χ4n) is 0.993. The fraction of sp³-hybridized carbons (Fsp3) is 0.273. The second-order valence-corrected chi connectivity index (χ2v) is 3.48. The van der Waals surface area contributed by atoms with Crippen LogP contribution in [0.4, 0.5) is 0 Å². The number of carbonyl (C=O) groups excluding carboxylic acids is 1. The molecule has 1 aromatic rings. The van der Waals surface area contributed by atoms with E-state index in [9.17, 15) is 4.79 Å². The lowest BCUT2D eigenvalue weighted by atomic mass is 10.2. The number of halogens is 1. The third kappa shape index (κ3) is 4.02. The van der Waals surface area contributed by atoms with Crippen LogP contribution in [0.15, 0.2) is 35.5 Å². The molecule has 5 heteroatoms. The van der Waals surface area contributed by atoms with Crippen LogP contribution in [0.2, 0.25) is 0 Å². The van der Waals surface area contributed by atoms with E-state index >= 15 is 0 Å². The molecule has 0 amide bonds. The Labute approximate surface area is 102 Å². The molecule has 0 aliphatic carbocycles. The third-order valence-electron chi connectivity index (χ3n) is 1.80. The smallest absolute Gasteiger partial charge is 0.356 e. The summed E-state index contributed by atoms with van der Waals surface area (Å²) in [5.41, 5.74) is 1.20. The zero-order valence-electron chi connectivity index (χ0n) is 8.85. The first-order chi connectivity index (χ1) is 7.77. The molecule has 0 bridgehead atoms. The number of esters is 1. The number of benzene rings is 1. The molecule has 0 N–H and O–H groups in total. The first kappa shape index (κ1) is 12.7. The Bertz CT molecular complexity index is 365. The molecule has 0 aliphatic heterocycles. The number of methoxy groups -OCH3 is 1. The monoisotopic (exact) mass is 285 g/mol. The summed E-state index contributed by atoms with van der Waals surface area (Å²) in [5.74, 6) is -0.495. The summed E-state index contributed by atoms with van der Waals surface area (Å²) < 4.78 is 4.53. The Morgan fingerprint density at radius 1 is 1.38 bits per heavy atom. The van der Waals surface area contributed by atoms with Crippen molar-refractivity contribution >= 4 is 27.6 Å². The summed E-state index contributed by atoms with van der Waals surface area (Å²) in [6.45, 7) is 0.328. The van der Waals surface area contributed by atoms with Crippen LogP contribution in [0.5, 0.6) is 0 Å². The van der Waals surface area contributed by atoms with E-state index in [0.29, 0.717) is 11.9 Å². The summed E-state index contributed by atoms with van der Waals surface area (Å²) in [6, 6.07) is 9.58. The quantitative estimate of drug-likeness (QED) is 0.360. The highest BCUT2D eigenvalue weighted by molar-refractivity contribution is 9.09. The molecule has 16 heavy (non-hydrogen) atoms. The minimum absolute atomic E-state index is 0.207. The van der Waals surface area contributed by atoms with Gasteiger partial charge in [-0.25, -0.2) is 4.79 Å². The Morgan fingerprint density at radius 3 is 2.62 bits per heavy atom. The zero-order valence-corrected chi connectivity index (χ0v) is 10.4. The number of ether oxygens (including phenoxy) is 1. The Balaban J connectivity index is 2.49. The van der Waals surface area contributed by atoms with Gasteiger partial charge in [-0.15, -0.1) is 0 Å². The number of alkyl halides is 1. The largest absolute Gasteiger partial charge is 0.464 e. The average Bonchev–Trinajstić information content (AvgIpc) is 2.35. The summed E-state index contributed by atoms with van der Waals surface area (Å²) in [6.07, 6.45) is 0. The van der Waals surface area contributed by atoms with Crippen molar-refractivity contribution in [2.75, 3.05) is 12.4 Å². The standard InChI is InChI=1S/C11H12BrNO3/c1-15-11(14)10(7-12)13-16-8-9-5-3-2-4-6-9/h2-6H,7-8H2,1H3. The topological polar surface area (TPSA) is 47.9 Å². The first-order valence-electron chi connectivity index (χ1n) is 4.65. The molecule has 0 saturated heterocycles. The molecule has 0 atom stereocenters. The molecule has 1 aromatic carbocycles. The van der Waals surface area contributed by atoms with Gasteiger partial charge in [0, 0.05) is 0 Å². The Hall–Kier alpha value is -1.36. The van der Waals surface area contributed by atoms with Crippen molar-refractivity contribution in [2.45, 2.75) is 6.61 Å². The number of nitrogens with zero attached hydrogens (tertiary/aromatic N) is 1. The predicted molar refractivity (Wildman–Crippen MR) is 64.5 cm³/mol. The molecule has 0 fully saturated rings. The van der Waals surface area contributed by atoms with E-state index in [1.54, 1.807) is 0 Å². The molecule has 86 valence electrons. The molecule has 0 unspecified atom stereocenters. The molecule has 0 radical (unpaired) electrons. The average molecular weight is 286 g/mol. The lowest BCUT2D eigenvalue weighted by molar-refractivity contribution is -0.132. The van der Waals surface area contributed by atoms with Crippen molar-refractivity contribution in [1.82, 2.24) is 0 Å². The van der Waals surface area contributed by atoms with Crippen molar-refractivity contribution in [3.05, 3.63) is 35.9 Å². The van der Waals surface area contributed by atoms with Crippen LogP contribution in [-0.2, 0) is 21.0 Å². The van der Waals surface area contributed by atoms with Crippen molar-refractivity contribution < 1.29 is 14.4 Å². The van der Waals surface area contributed by atoms with Crippen LogP contribution < -0.4 is 0 Å². The van der Waals surface area contributed by atoms with Gasteiger partial charge in [-0.05, 0) is 5.56 Å². The summed E-state index contributed by atoms with van der Waals surface area (Å²) >= 11 is 3.13. The SMILES string of the molecule is COC(=O)C(CBr)=NOCc1ccccc1. The van der Waals surface area contributed by atoms with Crippen molar-refractivity contribution in [3.8, 4) is 0 Å². The lowest BCUT2D eigenvalue weighted by Gasteiger charge is -2.02. The van der Waals surface area contributed by atoms with Crippen LogP contribution in [0.3, 0.4) is 0 Å². The number of oxime groups is 1. The fourth-order valence-corrected chi connectivity index (χ4v) is 1.32. The number of hydrogen-bond donors (Lipinski definition) is 0. The molecule has 1 rings (SSSR count). The van der Waals surface area contributed by atoms with Gasteiger partial charge >= 0.3 is 5.97 Å². The molecular formula is C11H12BrNO3. The lowest BCUT2D eigenvalue weighted by Crippen LogP contribution is -2.17.